The average molecular weight is 392 g/mol. The molecule has 2 aromatic rings. The zero-order valence-corrected chi connectivity index (χ0v) is 15.5. The Balaban J connectivity index is 2.49. The number of phenols is 1. The summed E-state index contributed by atoms with van der Waals surface area (Å²) < 4.78 is 0.527. The van der Waals surface area contributed by atoms with E-state index < -0.39 is 4.92 Å². The minimum atomic E-state index is -0.456. The first kappa shape index (κ1) is 18.1. The standard InChI is InChI=1S/C17H18BrN3O3/c1-10-13(6-5-7-15(10)21(23)24)19-20-14-9-11(17(2,3)4)8-12(18)16(14)22/h5-9,22H,1-4H3. The molecular weight excluding hydrogens is 374 g/mol. The number of halogens is 1. The third-order valence-electron chi connectivity index (χ3n) is 3.65. The molecule has 24 heavy (non-hydrogen) atoms. The Morgan fingerprint density at radius 3 is 2.38 bits per heavy atom. The molecule has 0 amide bonds. The Morgan fingerprint density at radius 2 is 1.79 bits per heavy atom. The van der Waals surface area contributed by atoms with E-state index in [0.29, 0.717) is 21.4 Å². The lowest BCUT2D eigenvalue weighted by Gasteiger charge is -2.20. The largest absolute Gasteiger partial charge is 0.505 e. The van der Waals surface area contributed by atoms with Crippen LogP contribution in [-0.2, 0) is 5.41 Å². The topological polar surface area (TPSA) is 88.1 Å². The molecule has 0 unspecified atom stereocenters. The normalized spacial score (nSPS) is 11.9. The van der Waals surface area contributed by atoms with Crippen LogP contribution in [0, 0.1) is 17.0 Å². The van der Waals surface area contributed by atoms with Crippen LogP contribution in [0.5, 0.6) is 5.75 Å². The Labute approximate surface area is 148 Å². The summed E-state index contributed by atoms with van der Waals surface area (Å²) in [5, 5.41) is 29.3. The summed E-state index contributed by atoms with van der Waals surface area (Å²) in [5.74, 6) is -0.0187. The molecule has 2 aromatic carbocycles. The maximum absolute atomic E-state index is 11.0. The summed E-state index contributed by atoms with van der Waals surface area (Å²) in [5.41, 5.74) is 1.97. The highest BCUT2D eigenvalue weighted by molar-refractivity contribution is 9.10. The minimum absolute atomic E-state index is 0.0136. The van der Waals surface area contributed by atoms with E-state index in [-0.39, 0.29) is 16.9 Å². The zero-order valence-electron chi connectivity index (χ0n) is 13.9. The molecule has 126 valence electrons. The molecule has 0 saturated heterocycles. The van der Waals surface area contributed by atoms with Gasteiger partial charge in [-0.3, -0.25) is 10.1 Å². The molecule has 0 atom stereocenters. The van der Waals surface area contributed by atoms with Crippen molar-refractivity contribution in [3.63, 3.8) is 0 Å². The molecular formula is C17H18BrN3O3. The molecule has 0 aromatic heterocycles. The number of nitro groups is 1. The highest BCUT2D eigenvalue weighted by Crippen LogP contribution is 2.40. The van der Waals surface area contributed by atoms with Gasteiger partial charge in [-0.15, -0.1) is 10.2 Å². The fourth-order valence-electron chi connectivity index (χ4n) is 2.12. The average Bonchev–Trinajstić information content (AvgIpc) is 2.48. The van der Waals surface area contributed by atoms with E-state index in [9.17, 15) is 15.2 Å². The first-order valence-corrected chi connectivity index (χ1v) is 8.09. The maximum atomic E-state index is 11.0. The van der Waals surface area contributed by atoms with E-state index >= 15 is 0 Å². The number of nitrogens with zero attached hydrogens (tertiary/aromatic N) is 3. The highest BCUT2D eigenvalue weighted by Gasteiger charge is 2.18. The predicted octanol–water partition coefficient (Wildman–Crippen LogP) is 6.08. The monoisotopic (exact) mass is 391 g/mol. The van der Waals surface area contributed by atoms with Gasteiger partial charge >= 0.3 is 0 Å². The molecule has 0 bridgehead atoms. The van der Waals surface area contributed by atoms with Crippen molar-refractivity contribution in [1.29, 1.82) is 0 Å². The van der Waals surface area contributed by atoms with Gasteiger partial charge in [0, 0.05) is 6.07 Å². The van der Waals surface area contributed by atoms with Crippen LogP contribution in [0.2, 0.25) is 0 Å². The molecule has 0 spiro atoms. The van der Waals surface area contributed by atoms with Crippen molar-refractivity contribution < 1.29 is 10.0 Å². The van der Waals surface area contributed by atoms with Gasteiger partial charge in [0.05, 0.1) is 20.6 Å². The Kier molecular flexibility index (Phi) is 5.03. The minimum Gasteiger partial charge on any atom is -0.505 e. The lowest BCUT2D eigenvalue weighted by atomic mass is 9.87. The lowest BCUT2D eigenvalue weighted by molar-refractivity contribution is -0.385. The number of azo groups is 1. The van der Waals surface area contributed by atoms with Crippen LogP contribution in [0.3, 0.4) is 0 Å². The first-order chi connectivity index (χ1) is 11.1. The number of nitro benzene ring substituents is 1. The van der Waals surface area contributed by atoms with Crippen LogP contribution >= 0.6 is 15.9 Å². The number of rotatable bonds is 3. The third-order valence-corrected chi connectivity index (χ3v) is 4.25. The van der Waals surface area contributed by atoms with Crippen LogP contribution in [0.1, 0.15) is 31.9 Å². The van der Waals surface area contributed by atoms with Crippen molar-refractivity contribution in [3.05, 3.63) is 56.0 Å². The van der Waals surface area contributed by atoms with Gasteiger partial charge in [-0.2, -0.15) is 0 Å². The van der Waals surface area contributed by atoms with E-state index in [1.54, 1.807) is 25.1 Å². The summed E-state index contributed by atoms with van der Waals surface area (Å²) in [6.07, 6.45) is 0. The predicted molar refractivity (Wildman–Crippen MR) is 96.5 cm³/mol. The van der Waals surface area contributed by atoms with Gasteiger partial charge in [-0.1, -0.05) is 26.8 Å². The molecule has 0 heterocycles. The Hall–Kier alpha value is -2.28. The SMILES string of the molecule is Cc1c(N=Nc2cc(C(C)(C)C)cc(Br)c2O)cccc1[N+](=O)[O-]. The van der Waals surface area contributed by atoms with Gasteiger partial charge in [0.1, 0.15) is 5.69 Å². The summed E-state index contributed by atoms with van der Waals surface area (Å²) >= 11 is 3.32. The lowest BCUT2D eigenvalue weighted by Crippen LogP contribution is -2.10. The molecule has 0 saturated carbocycles. The van der Waals surface area contributed by atoms with Gasteiger partial charge < -0.3 is 5.11 Å². The van der Waals surface area contributed by atoms with E-state index in [4.69, 9.17) is 0 Å². The van der Waals surface area contributed by atoms with Crippen LogP contribution in [0.4, 0.5) is 17.1 Å². The smallest absolute Gasteiger partial charge is 0.274 e. The molecule has 0 aliphatic carbocycles. The number of hydrogen-bond donors (Lipinski definition) is 1. The van der Waals surface area contributed by atoms with Crippen molar-refractivity contribution in [2.24, 2.45) is 10.2 Å². The number of hydrogen-bond acceptors (Lipinski definition) is 5. The van der Waals surface area contributed by atoms with Crippen LogP contribution in [0.25, 0.3) is 0 Å². The molecule has 7 heteroatoms. The molecule has 6 nitrogen and oxygen atoms in total. The number of phenolic OH excluding ortho intramolecular Hbond substituents is 1. The van der Waals surface area contributed by atoms with Crippen molar-refractivity contribution in [3.8, 4) is 5.75 Å². The van der Waals surface area contributed by atoms with E-state index in [2.05, 4.69) is 46.9 Å². The quantitative estimate of drug-likeness (QED) is 0.390. The van der Waals surface area contributed by atoms with Crippen LogP contribution in [-0.4, -0.2) is 10.0 Å². The van der Waals surface area contributed by atoms with Gasteiger partial charge in [-0.05, 0) is 52.0 Å². The van der Waals surface area contributed by atoms with E-state index in [1.165, 1.54) is 6.07 Å². The third kappa shape index (κ3) is 3.79. The molecule has 2 rings (SSSR count). The second-order valence-electron chi connectivity index (χ2n) is 6.45. The van der Waals surface area contributed by atoms with Gasteiger partial charge in [0.2, 0.25) is 0 Å². The Morgan fingerprint density at radius 1 is 1.17 bits per heavy atom. The van der Waals surface area contributed by atoms with E-state index in [1.807, 2.05) is 6.07 Å². The molecule has 0 radical (unpaired) electrons. The first-order valence-electron chi connectivity index (χ1n) is 7.30. The fraction of sp³-hybridized carbons (Fsp3) is 0.294. The zero-order chi connectivity index (χ0) is 18.1. The fourth-order valence-corrected chi connectivity index (χ4v) is 2.57. The summed E-state index contributed by atoms with van der Waals surface area (Å²) in [4.78, 5) is 10.5. The van der Waals surface area contributed by atoms with Gasteiger partial charge in [0.15, 0.2) is 5.75 Å². The van der Waals surface area contributed by atoms with Crippen LogP contribution < -0.4 is 0 Å². The van der Waals surface area contributed by atoms with Crippen molar-refractivity contribution in [1.82, 2.24) is 0 Å². The maximum Gasteiger partial charge on any atom is 0.274 e. The van der Waals surface area contributed by atoms with Crippen molar-refractivity contribution >= 4 is 33.0 Å². The van der Waals surface area contributed by atoms with E-state index in [0.717, 1.165) is 5.56 Å². The number of aromatic hydroxyl groups is 1. The Bertz CT molecular complexity index is 827. The second-order valence-corrected chi connectivity index (χ2v) is 7.31. The summed E-state index contributed by atoms with van der Waals surface area (Å²) in [6.45, 7) is 7.78. The van der Waals surface area contributed by atoms with Crippen molar-refractivity contribution in [2.45, 2.75) is 33.1 Å². The second kappa shape index (κ2) is 6.68. The number of benzene rings is 2. The molecule has 1 N–H and O–H groups in total. The van der Waals surface area contributed by atoms with Gasteiger partial charge in [0.25, 0.3) is 5.69 Å². The summed E-state index contributed by atoms with van der Waals surface area (Å²) in [7, 11) is 0. The highest BCUT2D eigenvalue weighted by atomic mass is 79.9. The molecule has 0 aliphatic heterocycles. The molecule has 0 fully saturated rings. The van der Waals surface area contributed by atoms with Crippen molar-refractivity contribution in [2.75, 3.05) is 0 Å². The van der Waals surface area contributed by atoms with Gasteiger partial charge in [-0.25, -0.2) is 0 Å². The molecule has 0 aliphatic rings. The summed E-state index contributed by atoms with van der Waals surface area (Å²) in [6, 6.07) is 8.22. The van der Waals surface area contributed by atoms with Crippen LogP contribution in [0.15, 0.2) is 45.0 Å².